The maximum Gasteiger partial charge on any atom is 1.00 e. The molecule has 4 aromatic rings. The minimum atomic E-state index is -4.79. The van der Waals surface area contributed by atoms with Crippen molar-refractivity contribution in [1.82, 2.24) is 0 Å². The van der Waals surface area contributed by atoms with Gasteiger partial charge in [0.15, 0.2) is 11.6 Å². The number of rotatable bonds is 14. The average molecular weight is 653 g/mol. The van der Waals surface area contributed by atoms with Crippen molar-refractivity contribution in [2.45, 2.75) is 53.4 Å². The molecule has 0 aliphatic carbocycles. The molecule has 0 atom stereocenters. The van der Waals surface area contributed by atoms with Crippen molar-refractivity contribution < 1.29 is 67.1 Å². The van der Waals surface area contributed by atoms with Gasteiger partial charge in [-0.25, -0.2) is 4.57 Å². The van der Waals surface area contributed by atoms with Crippen LogP contribution in [0.4, 0.5) is 0 Å². The molecule has 8 nitrogen and oxygen atoms in total. The molecule has 4 rings (SSSR count). The van der Waals surface area contributed by atoms with E-state index in [9.17, 15) is 19.0 Å². The van der Waals surface area contributed by atoms with E-state index < -0.39 is 7.82 Å². The van der Waals surface area contributed by atoms with Crippen molar-refractivity contribution in [2.75, 3.05) is 14.2 Å². The van der Waals surface area contributed by atoms with Crippen molar-refractivity contribution in [3.63, 3.8) is 0 Å². The molecule has 0 radical (unpaired) electrons. The number of aryl methyl sites for hydroxylation is 2. The van der Waals surface area contributed by atoms with Gasteiger partial charge in [-0.1, -0.05) is 12.1 Å². The Morgan fingerprint density at radius 1 is 0.587 bits per heavy atom. The van der Waals surface area contributed by atoms with Crippen LogP contribution in [0.1, 0.15) is 66.9 Å². The number of phosphoric ester groups is 1. The van der Waals surface area contributed by atoms with Gasteiger partial charge in [0.1, 0.15) is 23.0 Å². The van der Waals surface area contributed by atoms with E-state index in [1.807, 2.05) is 13.8 Å². The van der Waals surface area contributed by atoms with E-state index in [1.165, 1.54) is 0 Å². The Balaban J connectivity index is 0.00000576. The number of Topliss-reactive ketones (excluding diaryl/α,β-unsaturated/α-hetero) is 2. The van der Waals surface area contributed by atoms with Crippen LogP contribution in [-0.4, -0.2) is 25.8 Å². The van der Waals surface area contributed by atoms with Crippen molar-refractivity contribution in [3.8, 4) is 23.0 Å². The van der Waals surface area contributed by atoms with Gasteiger partial charge < -0.3 is 23.4 Å². The molecule has 0 heterocycles. The molecular formula is C36H38NaO8P. The monoisotopic (exact) mass is 652 g/mol. The Kier molecular flexibility index (Phi) is 13.2. The maximum atomic E-state index is 13.0. The van der Waals surface area contributed by atoms with Crippen molar-refractivity contribution in [2.24, 2.45) is 0 Å². The molecule has 46 heavy (non-hydrogen) atoms. The van der Waals surface area contributed by atoms with Crippen LogP contribution in [-0.2, 0) is 17.4 Å². The van der Waals surface area contributed by atoms with Gasteiger partial charge in [-0.2, -0.15) is 0 Å². The number of methoxy groups -OCH3 is 2. The van der Waals surface area contributed by atoms with Gasteiger partial charge in [-0.05, 0) is 135 Å². The van der Waals surface area contributed by atoms with Crippen LogP contribution >= 0.6 is 7.82 Å². The number of ketones is 2. The fourth-order valence-corrected chi connectivity index (χ4v) is 5.96. The second-order valence-corrected chi connectivity index (χ2v) is 12.1. The summed E-state index contributed by atoms with van der Waals surface area (Å²) in [7, 11) is -1.65. The number of carbonyl (C=O) groups is 2. The summed E-state index contributed by atoms with van der Waals surface area (Å²) < 4.78 is 34.1. The molecule has 0 fully saturated rings. The molecule has 0 aliphatic rings. The predicted octanol–water partition coefficient (Wildman–Crippen LogP) is 4.50. The third-order valence-corrected chi connectivity index (χ3v) is 9.03. The Labute approximate surface area is 293 Å². The van der Waals surface area contributed by atoms with E-state index >= 15 is 0 Å². The molecule has 4 aromatic carbocycles. The van der Waals surface area contributed by atoms with Crippen LogP contribution in [0.5, 0.6) is 23.0 Å². The van der Waals surface area contributed by atoms with Gasteiger partial charge >= 0.3 is 37.4 Å². The minimum Gasteiger partial charge on any atom is -0.736 e. The summed E-state index contributed by atoms with van der Waals surface area (Å²) in [4.78, 5) is 38.3. The molecule has 0 aliphatic heterocycles. The number of hydrogen-bond acceptors (Lipinski definition) is 8. The van der Waals surface area contributed by atoms with E-state index in [-0.39, 0.29) is 52.6 Å². The van der Waals surface area contributed by atoms with Crippen LogP contribution in [0, 0.1) is 27.7 Å². The Morgan fingerprint density at radius 2 is 0.935 bits per heavy atom. The van der Waals surface area contributed by atoms with Crippen molar-refractivity contribution >= 4 is 19.4 Å². The summed E-state index contributed by atoms with van der Waals surface area (Å²) in [5.41, 5.74) is 6.05. The van der Waals surface area contributed by atoms with Gasteiger partial charge in [0.25, 0.3) is 0 Å². The van der Waals surface area contributed by atoms with E-state index in [0.29, 0.717) is 59.4 Å². The molecule has 0 aromatic heterocycles. The van der Waals surface area contributed by atoms with Gasteiger partial charge in [-0.3, -0.25) is 9.59 Å². The first-order valence-corrected chi connectivity index (χ1v) is 16.1. The standard InChI is InChI=1S/C36H39O8P.Na/c1-23-25(3)35(21-13-27(23)11-19-33(37)29-7-15-31(41-5)16-8-29)43-45(39,40)44-36-22-14-28(24(2)26(36)4)12-20-34(38)30-9-17-32(42-6)18-10-30;/h7-10,13-18,21-22H,11-12,19-20H2,1-6H3,(H,39,40);/q;+1/p-1. The third kappa shape index (κ3) is 9.34. The number of hydrogen-bond donors (Lipinski definition) is 0. The van der Waals surface area contributed by atoms with Crippen LogP contribution in [0.3, 0.4) is 0 Å². The molecule has 236 valence electrons. The molecule has 0 N–H and O–H groups in total. The topological polar surface area (TPSA) is 111 Å². The van der Waals surface area contributed by atoms with Crippen LogP contribution < -0.4 is 53.0 Å². The maximum absolute atomic E-state index is 13.0. The van der Waals surface area contributed by atoms with E-state index in [4.69, 9.17) is 18.5 Å². The second kappa shape index (κ2) is 16.4. The van der Waals surface area contributed by atoms with Crippen LogP contribution in [0.25, 0.3) is 0 Å². The van der Waals surface area contributed by atoms with Gasteiger partial charge in [0, 0.05) is 24.0 Å². The van der Waals surface area contributed by atoms with Gasteiger partial charge in [0.05, 0.1) is 14.2 Å². The molecule has 0 amide bonds. The zero-order valence-corrected chi connectivity index (χ0v) is 30.4. The predicted molar refractivity (Wildman–Crippen MR) is 172 cm³/mol. The zero-order chi connectivity index (χ0) is 32.7. The molecular weight excluding hydrogens is 614 g/mol. The summed E-state index contributed by atoms with van der Waals surface area (Å²) in [5.74, 6) is 1.72. The van der Waals surface area contributed by atoms with E-state index in [2.05, 4.69) is 0 Å². The molecule has 0 saturated heterocycles. The second-order valence-electron chi connectivity index (χ2n) is 10.9. The van der Waals surface area contributed by atoms with E-state index in [1.54, 1.807) is 101 Å². The molecule has 10 heteroatoms. The summed E-state index contributed by atoms with van der Waals surface area (Å²) in [6, 6.07) is 20.7. The molecule has 0 spiro atoms. The van der Waals surface area contributed by atoms with Crippen LogP contribution in [0.2, 0.25) is 0 Å². The average Bonchev–Trinajstić information content (AvgIpc) is 3.04. The Hall–Kier alpha value is -3.39. The Morgan fingerprint density at radius 3 is 1.26 bits per heavy atom. The number of benzene rings is 4. The largest absolute Gasteiger partial charge is 1.00 e. The first kappa shape index (κ1) is 37.1. The molecule has 0 saturated carbocycles. The summed E-state index contributed by atoms with van der Waals surface area (Å²) in [6.07, 6.45) is 1.61. The fourth-order valence-electron chi connectivity index (χ4n) is 5.04. The summed E-state index contributed by atoms with van der Waals surface area (Å²) in [5, 5.41) is 0. The smallest absolute Gasteiger partial charge is 0.736 e. The Bertz CT molecular complexity index is 1610. The zero-order valence-electron chi connectivity index (χ0n) is 27.5. The summed E-state index contributed by atoms with van der Waals surface area (Å²) >= 11 is 0. The number of phosphoric acid groups is 1. The van der Waals surface area contributed by atoms with E-state index in [0.717, 1.165) is 22.3 Å². The number of ether oxygens (including phenoxy) is 2. The first-order valence-electron chi connectivity index (χ1n) is 14.6. The van der Waals surface area contributed by atoms with Crippen LogP contribution in [0.15, 0.2) is 72.8 Å². The normalized spacial score (nSPS) is 10.9. The number of carbonyl (C=O) groups excluding carboxylic acids is 2. The first-order chi connectivity index (χ1) is 21.4. The van der Waals surface area contributed by atoms with Crippen molar-refractivity contribution in [3.05, 3.63) is 117 Å². The van der Waals surface area contributed by atoms with Crippen molar-refractivity contribution in [1.29, 1.82) is 0 Å². The van der Waals surface area contributed by atoms with Gasteiger partial charge in [0.2, 0.25) is 0 Å². The fraction of sp³-hybridized carbons (Fsp3) is 0.278. The minimum absolute atomic E-state index is 0. The third-order valence-electron chi connectivity index (χ3n) is 8.19. The SMILES string of the molecule is COc1ccc(C(=O)CCc2ccc(OP(=O)([O-])Oc3ccc(CCC(=O)c4ccc(OC)cc4)c(C)c3C)c(C)c2C)cc1.[Na+]. The van der Waals surface area contributed by atoms with Gasteiger partial charge in [-0.15, -0.1) is 0 Å². The quantitative estimate of drug-likeness (QED) is 0.111. The molecule has 0 unspecified atom stereocenters. The molecule has 0 bridgehead atoms. The summed E-state index contributed by atoms with van der Waals surface area (Å²) in [6.45, 7) is 7.29.